The Kier molecular flexibility index (Phi) is 4.93. The van der Waals surface area contributed by atoms with Crippen LogP contribution in [0.25, 0.3) is 0 Å². The van der Waals surface area contributed by atoms with Gasteiger partial charge in [0, 0.05) is 11.9 Å². The fraction of sp³-hybridized carbons (Fsp3) is 0.636. The van der Waals surface area contributed by atoms with Crippen molar-refractivity contribution in [3.05, 3.63) is 17.8 Å². The largest absolute Gasteiger partial charge is 0.365 e. The molecule has 0 aliphatic carbocycles. The number of alkyl halides is 1. The number of aromatic nitrogens is 2. The van der Waals surface area contributed by atoms with Crippen LogP contribution in [-0.2, 0) is 6.42 Å². The maximum absolute atomic E-state index is 13.8. The zero-order valence-corrected chi connectivity index (χ0v) is 10.6. The van der Waals surface area contributed by atoms with Gasteiger partial charge < -0.3 is 5.32 Å². The maximum atomic E-state index is 13.8. The second kappa shape index (κ2) is 5.99. The van der Waals surface area contributed by atoms with Gasteiger partial charge in [0.25, 0.3) is 0 Å². The van der Waals surface area contributed by atoms with E-state index in [2.05, 4.69) is 15.3 Å². The molecule has 1 N–H and O–H groups in total. The minimum absolute atomic E-state index is 0.0756. The molecule has 0 aliphatic rings. The first kappa shape index (κ1) is 13.2. The lowest BCUT2D eigenvalue weighted by atomic mass is 10.1. The first-order valence-corrected chi connectivity index (χ1v) is 5.95. The molecule has 90 valence electrons. The van der Waals surface area contributed by atoms with Crippen LogP contribution in [-0.4, -0.2) is 21.9 Å². The van der Waals surface area contributed by atoms with Crippen molar-refractivity contribution < 1.29 is 4.39 Å². The van der Waals surface area contributed by atoms with Gasteiger partial charge in [-0.05, 0) is 19.3 Å². The van der Waals surface area contributed by atoms with Gasteiger partial charge in [0.1, 0.15) is 6.33 Å². The Labute approximate surface area is 100 Å². The number of halogens is 2. The zero-order valence-electron chi connectivity index (χ0n) is 9.80. The number of hydrogen-bond donors (Lipinski definition) is 1. The van der Waals surface area contributed by atoms with E-state index in [9.17, 15) is 4.39 Å². The van der Waals surface area contributed by atoms with Gasteiger partial charge >= 0.3 is 0 Å². The summed E-state index contributed by atoms with van der Waals surface area (Å²) >= 11 is 5.74. The van der Waals surface area contributed by atoms with Crippen molar-refractivity contribution in [2.24, 2.45) is 5.92 Å². The minimum Gasteiger partial charge on any atom is -0.365 e. The third-order valence-electron chi connectivity index (χ3n) is 2.66. The molecule has 0 saturated carbocycles. The third-order valence-corrected chi connectivity index (χ3v) is 3.14. The Morgan fingerprint density at radius 2 is 2.12 bits per heavy atom. The highest BCUT2D eigenvalue weighted by atomic mass is 35.5. The molecule has 1 aromatic rings. The van der Waals surface area contributed by atoms with Crippen LogP contribution in [0, 0.1) is 11.7 Å². The highest BCUT2D eigenvalue weighted by Crippen LogP contribution is 2.16. The Balaban J connectivity index is 2.81. The molecule has 0 aromatic carbocycles. The van der Waals surface area contributed by atoms with Crippen LogP contribution in [0.4, 0.5) is 10.2 Å². The van der Waals surface area contributed by atoms with Crippen molar-refractivity contribution in [2.75, 3.05) is 11.2 Å². The van der Waals surface area contributed by atoms with E-state index in [-0.39, 0.29) is 23.6 Å². The van der Waals surface area contributed by atoms with Crippen LogP contribution < -0.4 is 5.32 Å². The summed E-state index contributed by atoms with van der Waals surface area (Å²) in [5.74, 6) is 0.678. The van der Waals surface area contributed by atoms with Gasteiger partial charge in [0.2, 0.25) is 0 Å². The summed E-state index contributed by atoms with van der Waals surface area (Å²) in [6, 6.07) is 0.0756. The quantitative estimate of drug-likeness (QED) is 0.811. The number of nitrogens with zero attached hydrogens (tertiary/aromatic N) is 2. The van der Waals surface area contributed by atoms with Crippen molar-refractivity contribution >= 4 is 17.4 Å². The van der Waals surface area contributed by atoms with E-state index in [1.165, 1.54) is 6.33 Å². The number of hydrogen-bond acceptors (Lipinski definition) is 3. The molecule has 3 nitrogen and oxygen atoms in total. The number of nitrogens with one attached hydrogen (secondary N) is 1. The van der Waals surface area contributed by atoms with Gasteiger partial charge in [-0.1, -0.05) is 13.8 Å². The van der Waals surface area contributed by atoms with Gasteiger partial charge in [-0.25, -0.2) is 14.4 Å². The molecule has 1 aromatic heterocycles. The van der Waals surface area contributed by atoms with Crippen molar-refractivity contribution in [1.82, 2.24) is 9.97 Å². The Hall–Kier alpha value is -0.900. The second-order valence-corrected chi connectivity index (χ2v) is 4.21. The van der Waals surface area contributed by atoms with Crippen LogP contribution in [0.2, 0.25) is 0 Å². The average Bonchev–Trinajstić information content (AvgIpc) is 2.30. The normalized spacial score (nSPS) is 14.6. The Morgan fingerprint density at radius 3 is 2.69 bits per heavy atom. The Morgan fingerprint density at radius 1 is 1.44 bits per heavy atom. The Bertz CT molecular complexity index is 346. The summed E-state index contributed by atoms with van der Waals surface area (Å²) in [5, 5.41) is 3.02. The molecular weight excluding hydrogens is 229 g/mol. The molecule has 0 saturated heterocycles. The number of anilines is 1. The minimum atomic E-state index is -0.362. The number of rotatable bonds is 5. The molecule has 0 aliphatic heterocycles. The third kappa shape index (κ3) is 3.04. The summed E-state index contributed by atoms with van der Waals surface area (Å²) in [6.45, 7) is 5.82. The highest BCUT2D eigenvalue weighted by molar-refractivity contribution is 6.18. The molecule has 2 unspecified atom stereocenters. The average molecular weight is 246 g/mol. The molecule has 0 bridgehead atoms. The predicted molar refractivity (Wildman–Crippen MR) is 64.3 cm³/mol. The molecule has 1 heterocycles. The van der Waals surface area contributed by atoms with E-state index < -0.39 is 0 Å². The van der Waals surface area contributed by atoms with E-state index in [0.29, 0.717) is 18.0 Å². The monoisotopic (exact) mass is 245 g/mol. The highest BCUT2D eigenvalue weighted by Gasteiger charge is 2.15. The van der Waals surface area contributed by atoms with Gasteiger partial charge in [0.15, 0.2) is 11.6 Å². The summed E-state index contributed by atoms with van der Waals surface area (Å²) in [6.07, 6.45) is 1.94. The molecular formula is C11H17ClFN3. The first-order chi connectivity index (χ1) is 7.60. The van der Waals surface area contributed by atoms with Gasteiger partial charge in [-0.15, -0.1) is 11.6 Å². The van der Waals surface area contributed by atoms with Crippen LogP contribution in [0.15, 0.2) is 6.33 Å². The topological polar surface area (TPSA) is 37.8 Å². The maximum Gasteiger partial charge on any atom is 0.186 e. The van der Waals surface area contributed by atoms with Crippen molar-refractivity contribution in [3.63, 3.8) is 0 Å². The van der Waals surface area contributed by atoms with E-state index in [1.807, 2.05) is 20.8 Å². The lowest BCUT2D eigenvalue weighted by molar-refractivity contribution is 0.548. The standard InChI is InChI=1S/C11H17ClFN3/c1-4-9-10(13)11(15-6-14-9)16-8(3)7(2)5-12/h6-8H,4-5H2,1-3H3,(H,14,15,16). The lowest BCUT2D eigenvalue weighted by Crippen LogP contribution is -2.26. The van der Waals surface area contributed by atoms with E-state index >= 15 is 0 Å². The van der Waals surface area contributed by atoms with E-state index in [1.54, 1.807) is 0 Å². The van der Waals surface area contributed by atoms with Gasteiger partial charge in [-0.2, -0.15) is 0 Å². The fourth-order valence-electron chi connectivity index (χ4n) is 1.24. The molecule has 16 heavy (non-hydrogen) atoms. The van der Waals surface area contributed by atoms with Crippen molar-refractivity contribution in [3.8, 4) is 0 Å². The second-order valence-electron chi connectivity index (χ2n) is 3.90. The molecule has 0 radical (unpaired) electrons. The van der Waals surface area contributed by atoms with Crippen molar-refractivity contribution in [1.29, 1.82) is 0 Å². The summed E-state index contributed by atoms with van der Waals surface area (Å²) < 4.78 is 13.8. The van der Waals surface area contributed by atoms with Gasteiger partial charge in [-0.3, -0.25) is 0 Å². The van der Waals surface area contributed by atoms with E-state index in [4.69, 9.17) is 11.6 Å². The SMILES string of the molecule is CCc1ncnc(NC(C)C(C)CCl)c1F. The van der Waals surface area contributed by atoms with Crippen molar-refractivity contribution in [2.45, 2.75) is 33.2 Å². The molecule has 0 amide bonds. The lowest BCUT2D eigenvalue weighted by Gasteiger charge is -2.20. The molecule has 2 atom stereocenters. The first-order valence-electron chi connectivity index (χ1n) is 5.42. The summed E-state index contributed by atoms with van der Waals surface area (Å²) in [4.78, 5) is 7.78. The van der Waals surface area contributed by atoms with Crippen LogP contribution in [0.3, 0.4) is 0 Å². The zero-order chi connectivity index (χ0) is 12.1. The van der Waals surface area contributed by atoms with E-state index in [0.717, 1.165) is 0 Å². The predicted octanol–water partition coefficient (Wildman–Crippen LogP) is 2.85. The van der Waals surface area contributed by atoms with Crippen LogP contribution in [0.1, 0.15) is 26.5 Å². The van der Waals surface area contributed by atoms with Crippen LogP contribution >= 0.6 is 11.6 Å². The molecule has 5 heteroatoms. The number of aryl methyl sites for hydroxylation is 1. The summed E-state index contributed by atoms with van der Waals surface area (Å²) in [7, 11) is 0. The van der Waals surface area contributed by atoms with Gasteiger partial charge in [0.05, 0.1) is 5.69 Å². The smallest absolute Gasteiger partial charge is 0.186 e. The molecule has 0 fully saturated rings. The molecule has 1 rings (SSSR count). The fourth-order valence-corrected chi connectivity index (χ4v) is 1.51. The molecule has 0 spiro atoms. The summed E-state index contributed by atoms with van der Waals surface area (Å²) in [5.41, 5.74) is 0.434. The van der Waals surface area contributed by atoms with Crippen LogP contribution in [0.5, 0.6) is 0 Å².